The summed E-state index contributed by atoms with van der Waals surface area (Å²) in [6.07, 6.45) is 0. The fourth-order valence-electron chi connectivity index (χ4n) is 7.71. The topological polar surface area (TPSA) is 16.4 Å². The normalized spacial score (nSPS) is 11.5. The number of anilines is 3. The fraction of sp³-hybridized carbons (Fsp3) is 0. The molecule has 1 aromatic heterocycles. The Hall–Kier alpha value is -6.90. The molecule has 9 aromatic carbocycles. The number of hydrogen-bond donors (Lipinski definition) is 0. The van der Waals surface area contributed by atoms with E-state index in [0.29, 0.717) is 0 Å². The minimum absolute atomic E-state index is 0.917. The van der Waals surface area contributed by atoms with E-state index >= 15 is 0 Å². The number of fused-ring (bicyclic) bond motifs is 6. The second-order valence-electron chi connectivity index (χ2n) is 13.3. The molecule has 0 N–H and O–H groups in total. The number of hydrogen-bond acceptors (Lipinski definition) is 2. The molecule has 0 fully saturated rings. The highest BCUT2D eigenvalue weighted by atomic mass is 16.3. The predicted molar refractivity (Wildman–Crippen MR) is 220 cm³/mol. The van der Waals surface area contributed by atoms with Crippen LogP contribution in [0, 0.1) is 0 Å². The monoisotopic (exact) mass is 663 g/mol. The Labute approximate surface area is 302 Å². The van der Waals surface area contributed by atoms with Gasteiger partial charge in [-0.1, -0.05) is 152 Å². The molecule has 0 saturated heterocycles. The van der Waals surface area contributed by atoms with Gasteiger partial charge in [-0.2, -0.15) is 0 Å². The zero-order valence-corrected chi connectivity index (χ0v) is 28.4. The lowest BCUT2D eigenvalue weighted by molar-refractivity contribution is 0.672. The highest BCUT2D eigenvalue weighted by molar-refractivity contribution is 6.15. The molecule has 10 aromatic rings. The van der Waals surface area contributed by atoms with Gasteiger partial charge in [-0.3, -0.25) is 0 Å². The van der Waals surface area contributed by atoms with Crippen molar-refractivity contribution < 1.29 is 4.42 Å². The summed E-state index contributed by atoms with van der Waals surface area (Å²) in [5.74, 6) is 0. The minimum atomic E-state index is 0.917. The van der Waals surface area contributed by atoms with Crippen molar-refractivity contribution >= 4 is 60.5 Å². The summed E-state index contributed by atoms with van der Waals surface area (Å²) < 4.78 is 6.40. The van der Waals surface area contributed by atoms with E-state index in [-0.39, 0.29) is 0 Å². The maximum absolute atomic E-state index is 6.40. The van der Waals surface area contributed by atoms with Gasteiger partial charge in [0.1, 0.15) is 11.2 Å². The maximum atomic E-state index is 6.40. The summed E-state index contributed by atoms with van der Waals surface area (Å²) in [5.41, 5.74) is 12.3. The van der Waals surface area contributed by atoms with Gasteiger partial charge in [0.25, 0.3) is 0 Å². The van der Waals surface area contributed by atoms with Crippen molar-refractivity contribution in [1.29, 1.82) is 0 Å². The lowest BCUT2D eigenvalue weighted by atomic mass is 9.97. The van der Waals surface area contributed by atoms with Gasteiger partial charge in [0.2, 0.25) is 0 Å². The third kappa shape index (κ3) is 5.12. The lowest BCUT2D eigenvalue weighted by Gasteiger charge is -2.28. The number of benzene rings is 9. The summed E-state index contributed by atoms with van der Waals surface area (Å²) in [5, 5.41) is 7.10. The molecular weight excluding hydrogens is 631 g/mol. The molecular formula is C50H33NO. The second kappa shape index (κ2) is 12.5. The SMILES string of the molecule is c1ccc(-c2ccccc2N(c2ccc(-c3ccc4ccc5c6ccccc6oc5c4c3)cc2)c2ccc(-c3cccc4ccccc34)cc2)cc1. The van der Waals surface area contributed by atoms with Gasteiger partial charge in [0.05, 0.1) is 5.69 Å². The Balaban J connectivity index is 1.08. The smallest absolute Gasteiger partial charge is 0.143 e. The van der Waals surface area contributed by atoms with Crippen LogP contribution in [0.2, 0.25) is 0 Å². The molecule has 0 bridgehead atoms. The number of para-hydroxylation sites is 2. The third-order valence-corrected chi connectivity index (χ3v) is 10.3. The highest BCUT2D eigenvalue weighted by Gasteiger charge is 2.18. The van der Waals surface area contributed by atoms with Gasteiger partial charge in [0.15, 0.2) is 0 Å². The van der Waals surface area contributed by atoms with E-state index in [9.17, 15) is 0 Å². The number of rotatable bonds is 6. The van der Waals surface area contributed by atoms with Crippen molar-refractivity contribution in [2.45, 2.75) is 0 Å². The largest absolute Gasteiger partial charge is 0.455 e. The van der Waals surface area contributed by atoms with Gasteiger partial charge in [-0.25, -0.2) is 0 Å². The Morgan fingerprint density at radius 1 is 0.327 bits per heavy atom. The molecule has 0 saturated carbocycles. The Bertz CT molecular complexity index is 2880. The average Bonchev–Trinajstić information content (AvgIpc) is 3.61. The molecule has 2 nitrogen and oxygen atoms in total. The molecule has 1 heterocycles. The van der Waals surface area contributed by atoms with Crippen molar-refractivity contribution in [2.24, 2.45) is 0 Å². The van der Waals surface area contributed by atoms with Crippen LogP contribution in [0.25, 0.3) is 76.9 Å². The zero-order chi connectivity index (χ0) is 34.4. The van der Waals surface area contributed by atoms with Gasteiger partial charge >= 0.3 is 0 Å². The van der Waals surface area contributed by atoms with Crippen LogP contribution in [-0.2, 0) is 0 Å². The molecule has 2 heteroatoms. The second-order valence-corrected chi connectivity index (χ2v) is 13.3. The van der Waals surface area contributed by atoms with Crippen molar-refractivity contribution in [1.82, 2.24) is 0 Å². The van der Waals surface area contributed by atoms with E-state index < -0.39 is 0 Å². The summed E-state index contributed by atoms with van der Waals surface area (Å²) in [4.78, 5) is 2.37. The molecule has 0 aliphatic rings. The number of nitrogens with zero attached hydrogens (tertiary/aromatic N) is 1. The molecule has 0 spiro atoms. The Morgan fingerprint density at radius 3 is 1.73 bits per heavy atom. The van der Waals surface area contributed by atoms with Crippen molar-refractivity contribution in [2.75, 3.05) is 4.90 Å². The van der Waals surface area contributed by atoms with Crippen LogP contribution in [0.15, 0.2) is 205 Å². The first-order valence-corrected chi connectivity index (χ1v) is 17.8. The average molecular weight is 664 g/mol. The molecule has 52 heavy (non-hydrogen) atoms. The van der Waals surface area contributed by atoms with Gasteiger partial charge in [-0.15, -0.1) is 0 Å². The molecule has 0 atom stereocenters. The first-order chi connectivity index (χ1) is 25.8. The third-order valence-electron chi connectivity index (χ3n) is 10.3. The molecule has 0 aliphatic heterocycles. The van der Waals surface area contributed by atoms with E-state index in [2.05, 4.69) is 193 Å². The predicted octanol–water partition coefficient (Wildman–Crippen LogP) is 14.4. The lowest BCUT2D eigenvalue weighted by Crippen LogP contribution is -2.11. The highest BCUT2D eigenvalue weighted by Crippen LogP contribution is 2.43. The first-order valence-electron chi connectivity index (χ1n) is 17.8. The van der Waals surface area contributed by atoms with Gasteiger partial charge in [0, 0.05) is 33.1 Å². The van der Waals surface area contributed by atoms with Gasteiger partial charge < -0.3 is 9.32 Å². The molecule has 0 unspecified atom stereocenters. The molecule has 10 rings (SSSR count). The fourth-order valence-corrected chi connectivity index (χ4v) is 7.71. The first kappa shape index (κ1) is 30.0. The maximum Gasteiger partial charge on any atom is 0.143 e. The zero-order valence-electron chi connectivity index (χ0n) is 28.4. The van der Waals surface area contributed by atoms with Gasteiger partial charge in [-0.05, 0) is 92.5 Å². The Morgan fingerprint density at radius 2 is 0.904 bits per heavy atom. The van der Waals surface area contributed by atoms with Crippen molar-refractivity contribution in [3.05, 3.63) is 200 Å². The van der Waals surface area contributed by atoms with E-state index in [4.69, 9.17) is 4.42 Å². The number of furan rings is 1. The van der Waals surface area contributed by atoms with Crippen LogP contribution in [0.5, 0.6) is 0 Å². The summed E-state index contributed by atoms with van der Waals surface area (Å²) in [6.45, 7) is 0. The van der Waals surface area contributed by atoms with E-state index in [1.807, 2.05) is 12.1 Å². The van der Waals surface area contributed by atoms with E-state index in [0.717, 1.165) is 55.5 Å². The van der Waals surface area contributed by atoms with Crippen LogP contribution >= 0.6 is 0 Å². The van der Waals surface area contributed by atoms with Crippen LogP contribution in [0.4, 0.5) is 17.1 Å². The van der Waals surface area contributed by atoms with Crippen LogP contribution in [0.1, 0.15) is 0 Å². The molecule has 0 amide bonds. The standard InChI is InChI=1S/C50H33NO/c1-2-11-36(12-3-1)44-16-6-8-19-48(44)51(41-30-25-37(26-31-41)43-18-10-14-35-13-4-5-15-42(35)43)40-28-23-34(24-29-40)39-22-21-38-27-32-46-45-17-7-9-20-49(45)52-50(46)47(38)33-39/h1-33H. The van der Waals surface area contributed by atoms with Crippen LogP contribution in [0.3, 0.4) is 0 Å². The van der Waals surface area contributed by atoms with E-state index in [1.54, 1.807) is 0 Å². The van der Waals surface area contributed by atoms with Crippen molar-refractivity contribution in [3.8, 4) is 33.4 Å². The molecule has 244 valence electrons. The van der Waals surface area contributed by atoms with Crippen molar-refractivity contribution in [3.63, 3.8) is 0 Å². The van der Waals surface area contributed by atoms with Crippen LogP contribution < -0.4 is 4.90 Å². The Kier molecular flexibility index (Phi) is 7.18. The summed E-state index contributed by atoms with van der Waals surface area (Å²) >= 11 is 0. The summed E-state index contributed by atoms with van der Waals surface area (Å²) in [7, 11) is 0. The summed E-state index contributed by atoms with van der Waals surface area (Å²) in [6, 6.07) is 71.7. The minimum Gasteiger partial charge on any atom is -0.455 e. The quantitative estimate of drug-likeness (QED) is 0.176. The van der Waals surface area contributed by atoms with E-state index in [1.165, 1.54) is 38.4 Å². The van der Waals surface area contributed by atoms with Crippen LogP contribution in [-0.4, -0.2) is 0 Å². The molecule has 0 aliphatic carbocycles. The molecule has 0 radical (unpaired) electrons.